The molecule has 4 rings (SSSR count). The highest BCUT2D eigenvalue weighted by Crippen LogP contribution is 2.38. The van der Waals surface area contributed by atoms with Gasteiger partial charge in [-0.05, 0) is 23.8 Å². The Morgan fingerprint density at radius 3 is 2.66 bits per heavy atom. The van der Waals surface area contributed by atoms with Crippen molar-refractivity contribution < 1.29 is 27.4 Å². The quantitative estimate of drug-likeness (QED) is 0.428. The average molecular weight is 447 g/mol. The monoisotopic (exact) mass is 447 g/mol. The van der Waals surface area contributed by atoms with E-state index < -0.39 is 6.61 Å². The van der Waals surface area contributed by atoms with E-state index >= 15 is 0 Å². The van der Waals surface area contributed by atoms with E-state index in [0.29, 0.717) is 40.8 Å². The summed E-state index contributed by atoms with van der Waals surface area (Å²) in [5.41, 5.74) is 1.52. The highest BCUT2D eigenvalue weighted by atomic mass is 19.3. The molecule has 0 radical (unpaired) electrons. The van der Waals surface area contributed by atoms with Crippen molar-refractivity contribution in [2.75, 3.05) is 13.8 Å². The van der Waals surface area contributed by atoms with Gasteiger partial charge in [-0.3, -0.25) is 4.99 Å². The van der Waals surface area contributed by atoms with E-state index in [1.54, 1.807) is 42.2 Å². The Kier molecular flexibility index (Phi) is 6.34. The Bertz CT molecular complexity index is 1110. The van der Waals surface area contributed by atoms with Gasteiger partial charge in [-0.15, -0.1) is 0 Å². The van der Waals surface area contributed by atoms with E-state index in [1.807, 2.05) is 0 Å². The van der Waals surface area contributed by atoms with Crippen LogP contribution in [0.3, 0.4) is 0 Å². The molecule has 0 bridgehead atoms. The summed E-state index contributed by atoms with van der Waals surface area (Å²) < 4.78 is 56.7. The van der Waals surface area contributed by atoms with Crippen molar-refractivity contribution >= 4 is 5.96 Å². The molecule has 0 atom stereocenters. The van der Waals surface area contributed by atoms with Gasteiger partial charge in [0.05, 0.1) is 12.0 Å². The van der Waals surface area contributed by atoms with Crippen LogP contribution in [-0.4, -0.2) is 36.0 Å². The van der Waals surface area contributed by atoms with Crippen molar-refractivity contribution in [3.05, 3.63) is 66.0 Å². The van der Waals surface area contributed by atoms with Crippen molar-refractivity contribution in [3.63, 3.8) is 0 Å². The van der Waals surface area contributed by atoms with E-state index in [1.165, 1.54) is 18.5 Å². The number of fused-ring (bicyclic) bond motifs is 1. The fourth-order valence-corrected chi connectivity index (χ4v) is 3.17. The van der Waals surface area contributed by atoms with Crippen LogP contribution >= 0.6 is 0 Å². The molecule has 0 saturated carbocycles. The minimum Gasteiger partial charge on any atom is -0.454 e. The zero-order chi connectivity index (χ0) is 22.5. The van der Waals surface area contributed by atoms with E-state index in [4.69, 9.17) is 9.47 Å². The Morgan fingerprint density at radius 1 is 1.19 bits per heavy atom. The van der Waals surface area contributed by atoms with E-state index in [9.17, 15) is 13.2 Å². The lowest BCUT2D eigenvalue weighted by atomic mass is 10.1. The SMILES string of the molecule is CN=C(NCc1ccc(-n2ccnc2)c(F)c1)NCc1cc2c(cc1OC(F)F)OCO2. The Labute approximate surface area is 181 Å². The molecule has 2 aromatic carbocycles. The number of benzene rings is 2. The van der Waals surface area contributed by atoms with Gasteiger partial charge in [-0.2, -0.15) is 8.78 Å². The zero-order valence-electron chi connectivity index (χ0n) is 17.0. The molecule has 1 aromatic heterocycles. The molecular formula is C21H20F3N5O3. The molecule has 8 nitrogen and oxygen atoms in total. The Morgan fingerprint density at radius 2 is 1.97 bits per heavy atom. The largest absolute Gasteiger partial charge is 0.454 e. The average Bonchev–Trinajstić information content (AvgIpc) is 3.45. The maximum atomic E-state index is 14.4. The molecule has 32 heavy (non-hydrogen) atoms. The van der Waals surface area contributed by atoms with Gasteiger partial charge in [0.25, 0.3) is 0 Å². The summed E-state index contributed by atoms with van der Waals surface area (Å²) in [7, 11) is 1.56. The van der Waals surface area contributed by atoms with Gasteiger partial charge in [-0.1, -0.05) is 6.07 Å². The second-order valence-corrected chi connectivity index (χ2v) is 6.73. The molecule has 0 spiro atoms. The summed E-state index contributed by atoms with van der Waals surface area (Å²) in [4.78, 5) is 8.02. The number of aliphatic imine (C=N–C) groups is 1. The number of halogens is 3. The summed E-state index contributed by atoms with van der Waals surface area (Å²) in [6, 6.07) is 7.80. The number of hydrogen-bond donors (Lipinski definition) is 2. The van der Waals surface area contributed by atoms with Gasteiger partial charge in [-0.25, -0.2) is 9.37 Å². The molecular weight excluding hydrogens is 427 g/mol. The fourth-order valence-electron chi connectivity index (χ4n) is 3.17. The van der Waals surface area contributed by atoms with Crippen LogP contribution < -0.4 is 24.8 Å². The number of hydrogen-bond acceptors (Lipinski definition) is 5. The normalized spacial score (nSPS) is 12.8. The maximum Gasteiger partial charge on any atom is 0.387 e. The van der Waals surface area contributed by atoms with E-state index in [-0.39, 0.29) is 24.9 Å². The second kappa shape index (κ2) is 9.50. The van der Waals surface area contributed by atoms with Crippen LogP contribution in [0.15, 0.2) is 54.0 Å². The summed E-state index contributed by atoms with van der Waals surface area (Å²) in [6.45, 7) is -2.54. The fraction of sp³-hybridized carbons (Fsp3) is 0.238. The van der Waals surface area contributed by atoms with Crippen LogP contribution in [0.25, 0.3) is 5.69 Å². The molecule has 1 aliphatic heterocycles. The molecule has 0 aliphatic carbocycles. The highest BCUT2D eigenvalue weighted by molar-refractivity contribution is 5.79. The second-order valence-electron chi connectivity index (χ2n) is 6.73. The number of alkyl halides is 2. The number of imidazole rings is 1. The summed E-state index contributed by atoms with van der Waals surface area (Å²) in [6.07, 6.45) is 4.75. The van der Waals surface area contributed by atoms with Crippen LogP contribution in [0.4, 0.5) is 13.2 Å². The van der Waals surface area contributed by atoms with Gasteiger partial charge in [0, 0.05) is 44.2 Å². The van der Waals surface area contributed by atoms with Gasteiger partial charge in [0.1, 0.15) is 11.6 Å². The molecule has 2 heterocycles. The third-order valence-electron chi connectivity index (χ3n) is 4.70. The number of ether oxygens (including phenoxy) is 3. The number of aromatic nitrogens is 2. The molecule has 2 N–H and O–H groups in total. The first kappa shape index (κ1) is 21.3. The lowest BCUT2D eigenvalue weighted by Gasteiger charge is -2.15. The van der Waals surface area contributed by atoms with Gasteiger partial charge in [0.2, 0.25) is 6.79 Å². The lowest BCUT2D eigenvalue weighted by Crippen LogP contribution is -2.36. The van der Waals surface area contributed by atoms with Crippen LogP contribution in [0.5, 0.6) is 17.2 Å². The third-order valence-corrected chi connectivity index (χ3v) is 4.70. The highest BCUT2D eigenvalue weighted by Gasteiger charge is 2.20. The summed E-state index contributed by atoms with van der Waals surface area (Å²) in [5, 5.41) is 6.08. The van der Waals surface area contributed by atoms with Crippen molar-refractivity contribution in [3.8, 4) is 22.9 Å². The van der Waals surface area contributed by atoms with Crippen LogP contribution in [0, 0.1) is 5.82 Å². The first-order valence-corrected chi connectivity index (χ1v) is 9.62. The summed E-state index contributed by atoms with van der Waals surface area (Å²) in [5.74, 6) is 0.765. The minimum atomic E-state index is -2.98. The Hall–Kier alpha value is -3.89. The predicted octanol–water partition coefficient (Wildman–Crippen LogP) is 3.21. The number of nitrogens with one attached hydrogen (secondary N) is 2. The maximum absolute atomic E-state index is 14.4. The number of guanidine groups is 1. The van der Waals surface area contributed by atoms with E-state index in [0.717, 1.165) is 0 Å². The van der Waals surface area contributed by atoms with Crippen LogP contribution in [-0.2, 0) is 13.1 Å². The van der Waals surface area contributed by atoms with Gasteiger partial charge in [0.15, 0.2) is 17.5 Å². The zero-order valence-corrected chi connectivity index (χ0v) is 17.0. The standard InChI is InChI=1S/C21H20F3N5O3/c1-25-21(27-9-13-2-3-16(15(22)6-13)29-5-4-26-11-29)28-10-14-7-18-19(31-12-30-18)8-17(14)32-20(23)24/h2-8,11,20H,9-10,12H2,1H3,(H2,25,27,28). The van der Waals surface area contributed by atoms with Crippen molar-refractivity contribution in [2.24, 2.45) is 4.99 Å². The topological polar surface area (TPSA) is 81.9 Å². The minimum absolute atomic E-state index is 0.0136. The van der Waals surface area contributed by atoms with Crippen LogP contribution in [0.2, 0.25) is 0 Å². The molecule has 1 aliphatic rings. The van der Waals surface area contributed by atoms with Crippen molar-refractivity contribution in [1.29, 1.82) is 0 Å². The molecule has 0 unspecified atom stereocenters. The van der Waals surface area contributed by atoms with Gasteiger partial charge < -0.3 is 29.4 Å². The first-order valence-electron chi connectivity index (χ1n) is 9.62. The molecule has 3 aromatic rings. The molecule has 0 amide bonds. The number of nitrogens with zero attached hydrogens (tertiary/aromatic N) is 3. The van der Waals surface area contributed by atoms with E-state index in [2.05, 4.69) is 25.3 Å². The van der Waals surface area contributed by atoms with Crippen molar-refractivity contribution in [2.45, 2.75) is 19.7 Å². The van der Waals surface area contributed by atoms with Gasteiger partial charge >= 0.3 is 6.61 Å². The molecule has 168 valence electrons. The summed E-state index contributed by atoms with van der Waals surface area (Å²) >= 11 is 0. The molecule has 0 saturated heterocycles. The van der Waals surface area contributed by atoms with Crippen molar-refractivity contribution in [1.82, 2.24) is 20.2 Å². The molecule has 11 heteroatoms. The third kappa shape index (κ3) is 4.88. The van der Waals surface area contributed by atoms with Crippen LogP contribution in [0.1, 0.15) is 11.1 Å². The Balaban J connectivity index is 1.39. The predicted molar refractivity (Wildman–Crippen MR) is 110 cm³/mol. The lowest BCUT2D eigenvalue weighted by molar-refractivity contribution is -0.0505. The smallest absolute Gasteiger partial charge is 0.387 e. The first-order chi connectivity index (χ1) is 15.5. The number of rotatable bonds is 7. The molecule has 0 fully saturated rings.